The molecule has 0 bridgehead atoms. The van der Waals surface area contributed by atoms with Crippen molar-refractivity contribution in [2.24, 2.45) is 5.92 Å². The molecule has 0 radical (unpaired) electrons. The van der Waals surface area contributed by atoms with Crippen molar-refractivity contribution in [3.05, 3.63) is 33.8 Å². The lowest BCUT2D eigenvalue weighted by Gasteiger charge is -2.16. The van der Waals surface area contributed by atoms with Gasteiger partial charge in [-0.05, 0) is 43.9 Å². The van der Waals surface area contributed by atoms with Crippen molar-refractivity contribution in [3.8, 4) is 0 Å². The summed E-state index contributed by atoms with van der Waals surface area (Å²) in [5.41, 5.74) is 0.477. The van der Waals surface area contributed by atoms with E-state index < -0.39 is 6.10 Å². The summed E-state index contributed by atoms with van der Waals surface area (Å²) in [5, 5.41) is 0.912. The first kappa shape index (κ1) is 14.8. The molecule has 0 N–H and O–H groups in total. The minimum absolute atomic E-state index is 0.0836. The van der Waals surface area contributed by atoms with E-state index >= 15 is 0 Å². The highest BCUT2D eigenvalue weighted by molar-refractivity contribution is 6.37. The van der Waals surface area contributed by atoms with Crippen LogP contribution < -0.4 is 0 Å². The highest BCUT2D eigenvalue weighted by atomic mass is 35.5. The highest BCUT2D eigenvalue weighted by Gasteiger charge is 2.21. The maximum Gasteiger partial charge on any atom is 0.192 e. The van der Waals surface area contributed by atoms with Gasteiger partial charge in [-0.1, -0.05) is 36.0 Å². The van der Waals surface area contributed by atoms with Gasteiger partial charge >= 0.3 is 0 Å². The number of hydrogen-bond donors (Lipinski definition) is 0. The van der Waals surface area contributed by atoms with Crippen LogP contribution in [0.2, 0.25) is 10.0 Å². The molecule has 0 amide bonds. The lowest BCUT2D eigenvalue weighted by Crippen LogP contribution is -2.23. The quantitative estimate of drug-likeness (QED) is 0.732. The second-order valence-electron chi connectivity index (χ2n) is 5.11. The molecule has 1 atom stereocenters. The molecule has 0 spiro atoms. The minimum atomic E-state index is -0.459. The third-order valence-electron chi connectivity index (χ3n) is 3.62. The average Bonchev–Trinajstić information content (AvgIpc) is 2.88. The van der Waals surface area contributed by atoms with Crippen molar-refractivity contribution in [1.82, 2.24) is 0 Å². The van der Waals surface area contributed by atoms with Crippen LogP contribution in [0.25, 0.3) is 0 Å². The molecular weight excluding hydrogens is 283 g/mol. The minimum Gasteiger partial charge on any atom is -0.370 e. The molecule has 1 aliphatic carbocycles. The molecule has 104 valence electrons. The normalized spacial score (nSPS) is 17.6. The predicted octanol–water partition coefficient (Wildman–Crippen LogP) is 4.77. The standard InChI is InChI=1S/C15H18Cl2O2/c1-10(19-9-11-4-2-3-5-11)15(18)13-7-6-12(16)8-14(13)17/h6-8,10-11H,2-5,9H2,1H3. The maximum atomic E-state index is 12.2. The Bertz CT molecular complexity index is 453. The van der Waals surface area contributed by atoms with Crippen molar-refractivity contribution in [3.63, 3.8) is 0 Å². The van der Waals surface area contributed by atoms with Crippen molar-refractivity contribution >= 4 is 29.0 Å². The number of ketones is 1. The zero-order valence-electron chi connectivity index (χ0n) is 11.0. The van der Waals surface area contributed by atoms with Crippen LogP contribution in [-0.4, -0.2) is 18.5 Å². The van der Waals surface area contributed by atoms with Crippen LogP contribution in [0.15, 0.2) is 18.2 Å². The lowest BCUT2D eigenvalue weighted by atomic mass is 10.1. The van der Waals surface area contributed by atoms with Gasteiger partial charge in [-0.2, -0.15) is 0 Å². The number of halogens is 2. The number of Topliss-reactive ketones (excluding diaryl/α,β-unsaturated/α-hetero) is 1. The molecule has 1 aliphatic rings. The molecule has 0 heterocycles. The monoisotopic (exact) mass is 300 g/mol. The molecule has 2 nitrogen and oxygen atoms in total. The molecule has 2 rings (SSSR count). The van der Waals surface area contributed by atoms with Crippen LogP contribution in [-0.2, 0) is 4.74 Å². The Kier molecular flexibility index (Phi) is 5.26. The first-order valence-electron chi connectivity index (χ1n) is 6.69. The molecule has 0 saturated heterocycles. The fourth-order valence-corrected chi connectivity index (χ4v) is 2.94. The number of carbonyl (C=O) groups is 1. The highest BCUT2D eigenvalue weighted by Crippen LogP contribution is 2.26. The maximum absolute atomic E-state index is 12.2. The lowest BCUT2D eigenvalue weighted by molar-refractivity contribution is 0.0351. The molecule has 0 aromatic heterocycles. The van der Waals surface area contributed by atoms with Crippen molar-refractivity contribution < 1.29 is 9.53 Å². The Morgan fingerprint density at radius 2 is 2.05 bits per heavy atom. The second kappa shape index (κ2) is 6.74. The average molecular weight is 301 g/mol. The first-order valence-corrected chi connectivity index (χ1v) is 7.44. The van der Waals surface area contributed by atoms with Crippen LogP contribution in [0.1, 0.15) is 43.0 Å². The first-order chi connectivity index (χ1) is 9.08. The Morgan fingerprint density at radius 3 is 2.68 bits per heavy atom. The topological polar surface area (TPSA) is 26.3 Å². The van der Waals surface area contributed by atoms with Crippen LogP contribution in [0.5, 0.6) is 0 Å². The molecule has 4 heteroatoms. The van der Waals surface area contributed by atoms with E-state index in [1.807, 2.05) is 0 Å². The van der Waals surface area contributed by atoms with E-state index in [9.17, 15) is 4.79 Å². The fraction of sp³-hybridized carbons (Fsp3) is 0.533. The van der Waals surface area contributed by atoms with Crippen LogP contribution >= 0.6 is 23.2 Å². The summed E-state index contributed by atoms with van der Waals surface area (Å²) in [7, 11) is 0. The van der Waals surface area contributed by atoms with Crippen LogP contribution in [0.4, 0.5) is 0 Å². The van der Waals surface area contributed by atoms with Gasteiger partial charge in [0.25, 0.3) is 0 Å². The van der Waals surface area contributed by atoms with Gasteiger partial charge in [-0.15, -0.1) is 0 Å². The molecule has 1 aromatic rings. The Balaban J connectivity index is 1.94. The summed E-state index contributed by atoms with van der Waals surface area (Å²) in [6.45, 7) is 2.44. The molecule has 1 fully saturated rings. The molecule has 1 unspecified atom stereocenters. The van der Waals surface area contributed by atoms with Gasteiger partial charge in [0.1, 0.15) is 6.10 Å². The van der Waals surface area contributed by atoms with Gasteiger partial charge in [0.15, 0.2) is 5.78 Å². The molecular formula is C15H18Cl2O2. The van der Waals surface area contributed by atoms with Crippen LogP contribution in [0.3, 0.4) is 0 Å². The van der Waals surface area contributed by atoms with Gasteiger partial charge < -0.3 is 4.74 Å². The zero-order valence-corrected chi connectivity index (χ0v) is 12.5. The predicted molar refractivity (Wildman–Crippen MR) is 78.2 cm³/mol. The smallest absolute Gasteiger partial charge is 0.192 e. The second-order valence-corrected chi connectivity index (χ2v) is 5.96. The van der Waals surface area contributed by atoms with E-state index in [0.29, 0.717) is 28.1 Å². The fourth-order valence-electron chi connectivity index (χ4n) is 2.44. The SMILES string of the molecule is CC(OCC1CCCC1)C(=O)c1ccc(Cl)cc1Cl. The Morgan fingerprint density at radius 1 is 1.37 bits per heavy atom. The summed E-state index contributed by atoms with van der Waals surface area (Å²) in [5.74, 6) is 0.524. The summed E-state index contributed by atoms with van der Waals surface area (Å²) in [6.07, 6.45) is 4.52. The van der Waals surface area contributed by atoms with E-state index in [2.05, 4.69) is 0 Å². The summed E-state index contributed by atoms with van der Waals surface area (Å²) in [4.78, 5) is 12.2. The van der Waals surface area contributed by atoms with Crippen molar-refractivity contribution in [1.29, 1.82) is 0 Å². The number of rotatable bonds is 5. The summed E-state index contributed by atoms with van der Waals surface area (Å²) < 4.78 is 5.69. The Hall–Kier alpha value is -0.570. The largest absolute Gasteiger partial charge is 0.370 e. The number of carbonyl (C=O) groups excluding carboxylic acids is 1. The third kappa shape index (κ3) is 3.95. The van der Waals surface area contributed by atoms with E-state index in [0.717, 1.165) is 0 Å². The number of benzene rings is 1. The van der Waals surface area contributed by atoms with Gasteiger partial charge in [-0.25, -0.2) is 0 Å². The molecule has 0 aliphatic heterocycles. The van der Waals surface area contributed by atoms with Gasteiger partial charge in [0.2, 0.25) is 0 Å². The van der Waals surface area contributed by atoms with E-state index in [4.69, 9.17) is 27.9 Å². The summed E-state index contributed by atoms with van der Waals surface area (Å²) >= 11 is 11.9. The summed E-state index contributed by atoms with van der Waals surface area (Å²) in [6, 6.07) is 4.91. The van der Waals surface area contributed by atoms with Gasteiger partial charge in [-0.3, -0.25) is 4.79 Å². The zero-order chi connectivity index (χ0) is 13.8. The molecule has 19 heavy (non-hydrogen) atoms. The van der Waals surface area contributed by atoms with Crippen LogP contribution in [0, 0.1) is 5.92 Å². The van der Waals surface area contributed by atoms with Crippen molar-refractivity contribution in [2.75, 3.05) is 6.61 Å². The van der Waals surface area contributed by atoms with Gasteiger partial charge in [0.05, 0.1) is 11.6 Å². The van der Waals surface area contributed by atoms with Gasteiger partial charge in [0, 0.05) is 10.6 Å². The molecule has 1 saturated carbocycles. The molecule has 1 aromatic carbocycles. The third-order valence-corrected chi connectivity index (χ3v) is 4.17. The van der Waals surface area contributed by atoms with E-state index in [1.54, 1.807) is 25.1 Å². The van der Waals surface area contributed by atoms with E-state index in [1.165, 1.54) is 25.7 Å². The Labute approximate surface area is 124 Å². The van der Waals surface area contributed by atoms with Crippen molar-refractivity contribution in [2.45, 2.75) is 38.7 Å². The number of ether oxygens (including phenoxy) is 1. The van der Waals surface area contributed by atoms with E-state index in [-0.39, 0.29) is 5.78 Å². The number of hydrogen-bond acceptors (Lipinski definition) is 2.